The fraction of sp³-hybridized carbons (Fsp3) is 0.294. The second-order valence-electron chi connectivity index (χ2n) is 4.36. The van der Waals surface area contributed by atoms with E-state index in [0.29, 0.717) is 6.61 Å². The first kappa shape index (κ1) is 14.8. The summed E-state index contributed by atoms with van der Waals surface area (Å²) >= 11 is 1.65. The summed E-state index contributed by atoms with van der Waals surface area (Å²) in [5.74, 6) is 5.61. The molecule has 0 saturated carbocycles. The molecule has 1 aromatic carbocycles. The third-order valence-corrected chi connectivity index (χ3v) is 3.77. The van der Waals surface area contributed by atoms with E-state index in [2.05, 4.69) is 36.1 Å². The lowest BCUT2D eigenvalue weighted by molar-refractivity contribution is 0.120. The summed E-state index contributed by atoms with van der Waals surface area (Å²) in [5.41, 5.74) is 2.31. The van der Waals surface area contributed by atoms with Gasteiger partial charge in [0.15, 0.2) is 0 Å². The Morgan fingerprint density at radius 2 is 2.00 bits per heavy atom. The van der Waals surface area contributed by atoms with Crippen molar-refractivity contribution in [1.82, 2.24) is 0 Å². The number of hydrogen-bond donors (Lipinski definition) is 1. The van der Waals surface area contributed by atoms with Gasteiger partial charge in [0.05, 0.1) is 6.61 Å². The highest BCUT2D eigenvalue weighted by Gasteiger charge is 2.02. The van der Waals surface area contributed by atoms with Crippen molar-refractivity contribution in [3.05, 3.63) is 57.8 Å². The van der Waals surface area contributed by atoms with Crippen LogP contribution in [0.15, 0.2) is 41.8 Å². The molecule has 0 amide bonds. The average Bonchev–Trinajstić information content (AvgIpc) is 2.93. The van der Waals surface area contributed by atoms with Crippen molar-refractivity contribution in [1.29, 1.82) is 0 Å². The van der Waals surface area contributed by atoms with Crippen molar-refractivity contribution in [3.63, 3.8) is 0 Å². The van der Waals surface area contributed by atoms with Gasteiger partial charge in [-0.2, -0.15) is 0 Å². The summed E-state index contributed by atoms with van der Waals surface area (Å²) in [6, 6.07) is 12.4. The van der Waals surface area contributed by atoms with E-state index in [1.165, 1.54) is 5.56 Å². The van der Waals surface area contributed by atoms with Crippen LogP contribution in [0.25, 0.3) is 0 Å². The third kappa shape index (κ3) is 4.82. The highest BCUT2D eigenvalue weighted by molar-refractivity contribution is 7.10. The van der Waals surface area contributed by atoms with E-state index in [9.17, 15) is 0 Å². The molecule has 104 valence electrons. The molecule has 0 aliphatic heterocycles. The van der Waals surface area contributed by atoms with Gasteiger partial charge in [0.2, 0.25) is 0 Å². The summed E-state index contributed by atoms with van der Waals surface area (Å²) in [6.45, 7) is 1.24. The summed E-state index contributed by atoms with van der Waals surface area (Å²) in [5, 5.41) is 10.7. The molecule has 0 fully saturated rings. The maximum atomic E-state index is 8.71. The van der Waals surface area contributed by atoms with E-state index in [-0.39, 0.29) is 6.61 Å². The first-order chi connectivity index (χ1) is 9.90. The van der Waals surface area contributed by atoms with Gasteiger partial charge in [-0.25, -0.2) is 0 Å². The first-order valence-electron chi connectivity index (χ1n) is 6.68. The van der Waals surface area contributed by atoms with Gasteiger partial charge in [-0.3, -0.25) is 0 Å². The van der Waals surface area contributed by atoms with E-state index < -0.39 is 0 Å². The van der Waals surface area contributed by atoms with Gasteiger partial charge < -0.3 is 9.84 Å². The molecule has 20 heavy (non-hydrogen) atoms. The monoisotopic (exact) mass is 286 g/mol. The molecule has 2 nitrogen and oxygen atoms in total. The summed E-state index contributed by atoms with van der Waals surface area (Å²) < 4.78 is 5.70. The molecular formula is C17H18O2S. The van der Waals surface area contributed by atoms with Crippen molar-refractivity contribution in [2.45, 2.75) is 19.4 Å². The summed E-state index contributed by atoms with van der Waals surface area (Å²) in [6.07, 6.45) is 2.06. The molecule has 0 aliphatic carbocycles. The highest BCUT2D eigenvalue weighted by atomic mass is 32.1. The Labute approximate surface area is 124 Å². The molecule has 0 saturated heterocycles. The number of benzene rings is 1. The molecule has 2 aromatic rings. The molecule has 1 aromatic heterocycles. The number of rotatable bonds is 6. The lowest BCUT2D eigenvalue weighted by Gasteiger charge is -2.04. The predicted octanol–water partition coefficient (Wildman–Crippen LogP) is 3.24. The Hall–Kier alpha value is -1.60. The molecule has 0 atom stereocenters. The van der Waals surface area contributed by atoms with Crippen LogP contribution in [-0.2, 0) is 17.8 Å². The molecule has 0 spiro atoms. The maximum Gasteiger partial charge on any atom is 0.104 e. The van der Waals surface area contributed by atoms with Gasteiger partial charge >= 0.3 is 0 Å². The fourth-order valence-electron chi connectivity index (χ4n) is 1.89. The van der Waals surface area contributed by atoms with Crippen LogP contribution in [0.1, 0.15) is 22.4 Å². The molecule has 2 rings (SSSR count). The normalized spacial score (nSPS) is 10.1. The second-order valence-corrected chi connectivity index (χ2v) is 5.36. The van der Waals surface area contributed by atoms with Crippen LogP contribution in [0.5, 0.6) is 0 Å². The molecule has 0 radical (unpaired) electrons. The van der Waals surface area contributed by atoms with Crippen LogP contribution in [0.3, 0.4) is 0 Å². The van der Waals surface area contributed by atoms with Gasteiger partial charge in [0.1, 0.15) is 6.61 Å². The standard InChI is InChI=1S/C17H18O2S/c18-11-4-9-16-10-13-20-17(16)14-19-12-5-8-15-6-2-1-3-7-15/h1-3,6-7,10,13,18H,5,8,11-12,14H2. The number of aryl methyl sites for hydroxylation is 1. The van der Waals surface area contributed by atoms with Crippen LogP contribution in [-0.4, -0.2) is 18.3 Å². The number of ether oxygens (including phenoxy) is 1. The molecule has 0 aliphatic rings. The zero-order chi connectivity index (χ0) is 14.0. The van der Waals surface area contributed by atoms with Gasteiger partial charge in [0, 0.05) is 17.0 Å². The van der Waals surface area contributed by atoms with Gasteiger partial charge in [-0.15, -0.1) is 11.3 Å². The average molecular weight is 286 g/mol. The smallest absolute Gasteiger partial charge is 0.104 e. The van der Waals surface area contributed by atoms with E-state index in [4.69, 9.17) is 9.84 Å². The van der Waals surface area contributed by atoms with E-state index in [1.54, 1.807) is 11.3 Å². The summed E-state index contributed by atoms with van der Waals surface area (Å²) in [4.78, 5) is 1.13. The Morgan fingerprint density at radius 1 is 1.15 bits per heavy atom. The van der Waals surface area contributed by atoms with Crippen LogP contribution in [0.4, 0.5) is 0 Å². The Bertz CT molecular complexity index is 563. The maximum absolute atomic E-state index is 8.71. The Kier molecular flexibility index (Phi) is 6.33. The van der Waals surface area contributed by atoms with E-state index in [0.717, 1.165) is 29.9 Å². The highest BCUT2D eigenvalue weighted by Crippen LogP contribution is 2.17. The fourth-order valence-corrected chi connectivity index (χ4v) is 2.65. The molecule has 1 heterocycles. The number of hydrogen-bond acceptors (Lipinski definition) is 3. The van der Waals surface area contributed by atoms with Crippen molar-refractivity contribution in [2.24, 2.45) is 0 Å². The third-order valence-electron chi connectivity index (χ3n) is 2.88. The van der Waals surface area contributed by atoms with Crippen LogP contribution in [0, 0.1) is 11.8 Å². The Morgan fingerprint density at radius 3 is 2.80 bits per heavy atom. The van der Waals surface area contributed by atoms with Gasteiger partial charge in [-0.1, -0.05) is 42.2 Å². The first-order valence-corrected chi connectivity index (χ1v) is 7.56. The zero-order valence-corrected chi connectivity index (χ0v) is 12.2. The number of aliphatic hydroxyl groups is 1. The van der Waals surface area contributed by atoms with E-state index in [1.807, 2.05) is 17.5 Å². The lowest BCUT2D eigenvalue weighted by Crippen LogP contribution is -1.97. The quantitative estimate of drug-likeness (QED) is 0.652. The number of aliphatic hydroxyl groups excluding tert-OH is 1. The molecule has 3 heteroatoms. The van der Waals surface area contributed by atoms with Crippen molar-refractivity contribution in [3.8, 4) is 11.8 Å². The van der Waals surface area contributed by atoms with Crippen molar-refractivity contribution in [2.75, 3.05) is 13.2 Å². The molecule has 0 bridgehead atoms. The SMILES string of the molecule is OCC#Cc1ccsc1COCCCc1ccccc1. The minimum atomic E-state index is -0.104. The van der Waals surface area contributed by atoms with Gasteiger partial charge in [-0.05, 0) is 29.9 Å². The Balaban J connectivity index is 1.70. The zero-order valence-electron chi connectivity index (χ0n) is 11.3. The lowest BCUT2D eigenvalue weighted by atomic mass is 10.1. The molecular weight excluding hydrogens is 268 g/mol. The summed E-state index contributed by atoms with van der Waals surface area (Å²) in [7, 11) is 0. The van der Waals surface area contributed by atoms with Crippen LogP contribution < -0.4 is 0 Å². The van der Waals surface area contributed by atoms with Crippen LogP contribution >= 0.6 is 11.3 Å². The minimum absolute atomic E-state index is 0.104. The largest absolute Gasteiger partial charge is 0.384 e. The van der Waals surface area contributed by atoms with E-state index >= 15 is 0 Å². The second kappa shape index (κ2) is 8.55. The van der Waals surface area contributed by atoms with Crippen molar-refractivity contribution >= 4 is 11.3 Å². The van der Waals surface area contributed by atoms with Gasteiger partial charge in [0.25, 0.3) is 0 Å². The van der Waals surface area contributed by atoms with Crippen molar-refractivity contribution < 1.29 is 9.84 Å². The molecule has 1 N–H and O–H groups in total. The molecule has 0 unspecified atom stereocenters. The minimum Gasteiger partial charge on any atom is -0.384 e. The predicted molar refractivity (Wildman–Crippen MR) is 82.7 cm³/mol. The number of thiophene rings is 1. The van der Waals surface area contributed by atoms with Crippen LogP contribution in [0.2, 0.25) is 0 Å². The topological polar surface area (TPSA) is 29.5 Å².